The number of ketones is 1. The van der Waals surface area contributed by atoms with Crippen LogP contribution in [-0.4, -0.2) is 5.78 Å². The molecule has 1 unspecified atom stereocenters. The van der Waals surface area contributed by atoms with Crippen LogP contribution in [0.25, 0.3) is 0 Å². The molecule has 0 saturated carbocycles. The van der Waals surface area contributed by atoms with Gasteiger partial charge in [0.15, 0.2) is 5.78 Å². The van der Waals surface area contributed by atoms with Crippen LogP contribution >= 0.6 is 0 Å². The highest BCUT2D eigenvalue weighted by atomic mass is 19.1. The first kappa shape index (κ1) is 9.85. The van der Waals surface area contributed by atoms with Crippen molar-refractivity contribution < 1.29 is 9.18 Å². The van der Waals surface area contributed by atoms with E-state index in [-0.39, 0.29) is 18.0 Å². The number of hydrogen-bond donors (Lipinski definition) is 0. The lowest BCUT2D eigenvalue weighted by atomic mass is 9.83. The summed E-state index contributed by atoms with van der Waals surface area (Å²) < 4.78 is 13.0. The zero-order valence-corrected chi connectivity index (χ0v) is 8.38. The molecule has 15 heavy (non-hydrogen) atoms. The number of Topliss-reactive ketones (excluding diaryl/α,β-unsaturated/α-hetero) is 1. The van der Waals surface area contributed by atoms with Gasteiger partial charge in [-0.25, -0.2) is 4.39 Å². The van der Waals surface area contributed by atoms with Crippen molar-refractivity contribution in [3.05, 3.63) is 35.1 Å². The summed E-state index contributed by atoms with van der Waals surface area (Å²) in [4.78, 5) is 11.9. The predicted molar refractivity (Wildman–Crippen MR) is 52.8 cm³/mol. The van der Waals surface area contributed by atoms with Crippen LogP contribution in [0.2, 0.25) is 0 Å². The Morgan fingerprint density at radius 1 is 1.60 bits per heavy atom. The third-order valence-electron chi connectivity index (χ3n) is 2.91. The Bertz CT molecular complexity index is 475. The van der Waals surface area contributed by atoms with E-state index < -0.39 is 5.41 Å². The largest absolute Gasteiger partial charge is 0.294 e. The number of nitriles is 1. The van der Waals surface area contributed by atoms with E-state index in [1.54, 1.807) is 6.92 Å². The second-order valence-corrected chi connectivity index (χ2v) is 4.20. The van der Waals surface area contributed by atoms with Crippen LogP contribution in [0.4, 0.5) is 4.39 Å². The van der Waals surface area contributed by atoms with Crippen molar-refractivity contribution in [3.63, 3.8) is 0 Å². The summed E-state index contributed by atoms with van der Waals surface area (Å²) in [6.45, 7) is 1.76. The van der Waals surface area contributed by atoms with Crippen LogP contribution in [0, 0.1) is 22.6 Å². The summed E-state index contributed by atoms with van der Waals surface area (Å²) in [6.07, 6.45) is 0.647. The van der Waals surface area contributed by atoms with Crippen molar-refractivity contribution in [2.75, 3.05) is 0 Å². The third-order valence-corrected chi connectivity index (χ3v) is 2.91. The highest BCUT2D eigenvalue weighted by Gasteiger charge is 2.41. The van der Waals surface area contributed by atoms with Gasteiger partial charge in [0.05, 0.1) is 6.07 Å². The first-order valence-corrected chi connectivity index (χ1v) is 4.77. The van der Waals surface area contributed by atoms with E-state index in [9.17, 15) is 9.18 Å². The van der Waals surface area contributed by atoms with Gasteiger partial charge in [-0.3, -0.25) is 4.79 Å². The van der Waals surface area contributed by atoms with E-state index >= 15 is 0 Å². The van der Waals surface area contributed by atoms with Crippen molar-refractivity contribution in [2.45, 2.75) is 19.8 Å². The molecular weight excluding hydrogens is 193 g/mol. The first-order chi connectivity index (χ1) is 7.07. The van der Waals surface area contributed by atoms with Gasteiger partial charge in [-0.2, -0.15) is 5.26 Å². The summed E-state index contributed by atoms with van der Waals surface area (Å²) in [6, 6.07) is 6.20. The van der Waals surface area contributed by atoms with Crippen LogP contribution in [0.1, 0.15) is 29.3 Å². The third kappa shape index (κ3) is 1.42. The van der Waals surface area contributed by atoms with Gasteiger partial charge in [0.2, 0.25) is 0 Å². The number of carbonyl (C=O) groups is 1. The summed E-state index contributed by atoms with van der Waals surface area (Å²) >= 11 is 0. The normalized spacial score (nSPS) is 23.7. The maximum absolute atomic E-state index is 13.0. The van der Waals surface area contributed by atoms with Crippen LogP contribution < -0.4 is 0 Å². The predicted octanol–water partition coefficient (Wildman–Crippen LogP) is 2.48. The summed E-state index contributed by atoms with van der Waals surface area (Å²) in [5, 5.41) is 8.67. The number of carbonyl (C=O) groups excluding carboxylic acids is 1. The molecule has 1 atom stereocenters. The Labute approximate surface area is 87.3 Å². The lowest BCUT2D eigenvalue weighted by Crippen LogP contribution is -2.23. The molecule has 0 saturated heterocycles. The summed E-state index contributed by atoms with van der Waals surface area (Å²) in [5.74, 6) is -0.373. The van der Waals surface area contributed by atoms with Crippen molar-refractivity contribution >= 4 is 5.78 Å². The van der Waals surface area contributed by atoms with Crippen molar-refractivity contribution in [1.29, 1.82) is 5.26 Å². The van der Waals surface area contributed by atoms with Gasteiger partial charge in [-0.05, 0) is 30.2 Å². The SMILES string of the molecule is CC1(CC#N)Cc2cc(F)ccc2C1=O. The molecule has 0 radical (unpaired) electrons. The van der Waals surface area contributed by atoms with E-state index in [1.807, 2.05) is 6.07 Å². The molecule has 1 aromatic rings. The van der Waals surface area contributed by atoms with Crippen molar-refractivity contribution in [3.8, 4) is 6.07 Å². The molecule has 3 heteroatoms. The monoisotopic (exact) mass is 203 g/mol. The highest BCUT2D eigenvalue weighted by molar-refractivity contribution is 6.04. The fourth-order valence-corrected chi connectivity index (χ4v) is 2.07. The van der Waals surface area contributed by atoms with E-state index in [0.29, 0.717) is 12.0 Å². The van der Waals surface area contributed by atoms with Crippen LogP contribution in [0.3, 0.4) is 0 Å². The number of halogens is 1. The molecule has 0 fully saturated rings. The molecule has 0 aliphatic heterocycles. The standard InChI is InChI=1S/C12H10FNO/c1-12(4-5-14)7-8-6-9(13)2-3-10(8)11(12)15/h2-3,6H,4,7H2,1H3. The van der Waals surface area contributed by atoms with Gasteiger partial charge in [0, 0.05) is 17.4 Å². The van der Waals surface area contributed by atoms with Crippen LogP contribution in [-0.2, 0) is 6.42 Å². The van der Waals surface area contributed by atoms with E-state index in [4.69, 9.17) is 5.26 Å². The minimum Gasteiger partial charge on any atom is -0.294 e. The quantitative estimate of drug-likeness (QED) is 0.703. The minimum atomic E-state index is -0.662. The Morgan fingerprint density at radius 2 is 2.33 bits per heavy atom. The van der Waals surface area contributed by atoms with Crippen molar-refractivity contribution in [1.82, 2.24) is 0 Å². The molecule has 0 amide bonds. The Balaban J connectivity index is 2.46. The van der Waals surface area contributed by atoms with Gasteiger partial charge in [0.1, 0.15) is 5.82 Å². The second kappa shape index (κ2) is 3.16. The number of benzene rings is 1. The molecular formula is C12H10FNO. The lowest BCUT2D eigenvalue weighted by molar-refractivity contribution is 0.0847. The fraction of sp³-hybridized carbons (Fsp3) is 0.333. The smallest absolute Gasteiger partial charge is 0.170 e. The van der Waals surface area contributed by atoms with E-state index in [0.717, 1.165) is 5.56 Å². The molecule has 0 bridgehead atoms. The molecule has 0 heterocycles. The molecule has 1 aliphatic rings. The zero-order valence-electron chi connectivity index (χ0n) is 8.38. The van der Waals surface area contributed by atoms with Gasteiger partial charge in [-0.15, -0.1) is 0 Å². The molecule has 0 aromatic heterocycles. The summed E-state index contributed by atoms with van der Waals surface area (Å²) in [5.41, 5.74) is 0.622. The van der Waals surface area contributed by atoms with Gasteiger partial charge < -0.3 is 0 Å². The second-order valence-electron chi connectivity index (χ2n) is 4.20. The first-order valence-electron chi connectivity index (χ1n) is 4.77. The van der Waals surface area contributed by atoms with E-state index in [2.05, 4.69) is 0 Å². The van der Waals surface area contributed by atoms with E-state index in [1.165, 1.54) is 18.2 Å². The van der Waals surface area contributed by atoms with Crippen LogP contribution in [0.5, 0.6) is 0 Å². The highest BCUT2D eigenvalue weighted by Crippen LogP contribution is 2.39. The molecule has 2 nitrogen and oxygen atoms in total. The van der Waals surface area contributed by atoms with Gasteiger partial charge in [-0.1, -0.05) is 6.92 Å². The fourth-order valence-electron chi connectivity index (χ4n) is 2.07. The molecule has 2 rings (SSSR count). The molecule has 76 valence electrons. The van der Waals surface area contributed by atoms with Crippen molar-refractivity contribution in [2.24, 2.45) is 5.41 Å². The Morgan fingerprint density at radius 3 is 3.00 bits per heavy atom. The van der Waals surface area contributed by atoms with Crippen LogP contribution in [0.15, 0.2) is 18.2 Å². The number of fused-ring (bicyclic) bond motifs is 1. The lowest BCUT2D eigenvalue weighted by Gasteiger charge is -2.16. The number of nitrogens with zero attached hydrogens (tertiary/aromatic N) is 1. The average molecular weight is 203 g/mol. The number of rotatable bonds is 1. The maximum atomic E-state index is 13.0. The Kier molecular flexibility index (Phi) is 2.08. The number of hydrogen-bond acceptors (Lipinski definition) is 2. The Hall–Kier alpha value is -1.69. The average Bonchev–Trinajstić information content (AvgIpc) is 2.39. The summed E-state index contributed by atoms with van der Waals surface area (Å²) in [7, 11) is 0. The van der Waals surface area contributed by atoms with Gasteiger partial charge in [0.25, 0.3) is 0 Å². The van der Waals surface area contributed by atoms with Gasteiger partial charge >= 0.3 is 0 Å². The zero-order chi connectivity index (χ0) is 11.1. The molecule has 1 aliphatic carbocycles. The molecule has 1 aromatic carbocycles. The molecule has 0 N–H and O–H groups in total. The minimum absolute atomic E-state index is 0.0425. The maximum Gasteiger partial charge on any atom is 0.170 e. The molecule has 0 spiro atoms. The topological polar surface area (TPSA) is 40.9 Å².